The van der Waals surface area contributed by atoms with Crippen LogP contribution in [0.1, 0.15) is 37.6 Å². The van der Waals surface area contributed by atoms with Gasteiger partial charge in [-0.15, -0.1) is 0 Å². The van der Waals surface area contributed by atoms with E-state index in [4.69, 9.17) is 15.8 Å². The summed E-state index contributed by atoms with van der Waals surface area (Å²) in [6.07, 6.45) is 4.03. The maximum atomic E-state index is 11.2. The Labute approximate surface area is 147 Å². The maximum absolute atomic E-state index is 11.2. The summed E-state index contributed by atoms with van der Waals surface area (Å²) in [5.74, 6) is 0.872. The number of anilines is 1. The monoisotopic (exact) mass is 369 g/mol. The number of aryl methyl sites for hydroxylation is 1. The number of nitrogens with zero attached hydrogens (tertiary/aromatic N) is 2. The molecule has 8 heteroatoms. The van der Waals surface area contributed by atoms with E-state index in [-0.39, 0.29) is 11.8 Å². The molecule has 2 rings (SSSR count). The fourth-order valence-electron chi connectivity index (χ4n) is 2.27. The van der Waals surface area contributed by atoms with Crippen LogP contribution in [-0.4, -0.2) is 24.6 Å². The second-order valence-corrected chi connectivity index (χ2v) is 7.25. The van der Waals surface area contributed by atoms with Gasteiger partial charge in [0.05, 0.1) is 18.0 Å². The second-order valence-electron chi connectivity index (χ2n) is 5.30. The first kappa shape index (κ1) is 18.5. The standard InChI is InChI=1S/C16H20ClN3O3S/c1-4-13(20-16-15(17)14(5-2)18-10-19-16)11-6-8-12(9-7-11)23-24(3,21)22/h6-10,13H,4-5H2,1-3H3,(H,18,19,20). The number of halogens is 1. The fourth-order valence-corrected chi connectivity index (χ4v) is 3.02. The van der Waals surface area contributed by atoms with Crippen LogP contribution in [-0.2, 0) is 16.5 Å². The predicted octanol–water partition coefficient (Wildman–Crippen LogP) is 3.59. The lowest BCUT2D eigenvalue weighted by Crippen LogP contribution is -2.12. The number of nitrogens with one attached hydrogen (secondary N) is 1. The van der Waals surface area contributed by atoms with Crippen LogP contribution in [0.4, 0.5) is 5.82 Å². The first-order valence-electron chi connectivity index (χ1n) is 7.59. The molecule has 1 unspecified atom stereocenters. The van der Waals surface area contributed by atoms with Crippen molar-refractivity contribution in [3.05, 3.63) is 46.9 Å². The van der Waals surface area contributed by atoms with Gasteiger partial charge in [-0.05, 0) is 30.5 Å². The normalized spacial score (nSPS) is 12.7. The van der Waals surface area contributed by atoms with Gasteiger partial charge in [0, 0.05) is 0 Å². The Morgan fingerprint density at radius 3 is 2.42 bits per heavy atom. The molecular weight excluding hydrogens is 350 g/mol. The van der Waals surface area contributed by atoms with Crippen LogP contribution in [0.2, 0.25) is 5.02 Å². The lowest BCUT2D eigenvalue weighted by molar-refractivity contribution is 0.493. The molecule has 2 aromatic rings. The number of aromatic nitrogens is 2. The molecule has 0 aliphatic carbocycles. The minimum Gasteiger partial charge on any atom is -0.383 e. The third-order valence-electron chi connectivity index (χ3n) is 3.45. The molecule has 1 N–H and O–H groups in total. The van der Waals surface area contributed by atoms with E-state index in [0.29, 0.717) is 10.8 Å². The average molecular weight is 370 g/mol. The summed E-state index contributed by atoms with van der Waals surface area (Å²) in [5.41, 5.74) is 1.77. The number of hydrogen-bond acceptors (Lipinski definition) is 6. The van der Waals surface area contributed by atoms with Crippen molar-refractivity contribution >= 4 is 27.5 Å². The summed E-state index contributed by atoms with van der Waals surface area (Å²) in [5, 5.41) is 3.84. The van der Waals surface area contributed by atoms with Gasteiger partial charge in [0.1, 0.15) is 22.9 Å². The molecule has 6 nitrogen and oxygen atoms in total. The third kappa shape index (κ3) is 4.82. The van der Waals surface area contributed by atoms with Crippen molar-refractivity contribution in [2.45, 2.75) is 32.7 Å². The van der Waals surface area contributed by atoms with Crippen LogP contribution >= 0.6 is 11.6 Å². The van der Waals surface area contributed by atoms with Crippen LogP contribution in [0.3, 0.4) is 0 Å². The molecular formula is C16H20ClN3O3S. The van der Waals surface area contributed by atoms with Gasteiger partial charge >= 0.3 is 10.1 Å². The van der Waals surface area contributed by atoms with Crippen LogP contribution in [0.5, 0.6) is 5.75 Å². The minimum atomic E-state index is -3.53. The third-order valence-corrected chi connectivity index (χ3v) is 4.34. The highest BCUT2D eigenvalue weighted by molar-refractivity contribution is 7.86. The van der Waals surface area contributed by atoms with Crippen molar-refractivity contribution in [3.8, 4) is 5.75 Å². The molecule has 0 saturated carbocycles. The molecule has 0 aliphatic rings. The summed E-state index contributed by atoms with van der Waals surface area (Å²) in [6.45, 7) is 4.02. The summed E-state index contributed by atoms with van der Waals surface area (Å²) in [4.78, 5) is 8.36. The van der Waals surface area contributed by atoms with Gasteiger partial charge in [-0.25, -0.2) is 9.97 Å². The molecule has 0 spiro atoms. The Morgan fingerprint density at radius 1 is 1.21 bits per heavy atom. The van der Waals surface area contributed by atoms with Crippen molar-refractivity contribution in [2.75, 3.05) is 11.6 Å². The quantitative estimate of drug-likeness (QED) is 0.751. The van der Waals surface area contributed by atoms with Crippen molar-refractivity contribution in [2.24, 2.45) is 0 Å². The predicted molar refractivity (Wildman–Crippen MR) is 95.0 cm³/mol. The Hall–Kier alpha value is -1.86. The molecule has 24 heavy (non-hydrogen) atoms. The molecule has 0 radical (unpaired) electrons. The average Bonchev–Trinajstić information content (AvgIpc) is 2.53. The molecule has 1 aromatic carbocycles. The Morgan fingerprint density at radius 2 is 1.88 bits per heavy atom. The van der Waals surface area contributed by atoms with E-state index < -0.39 is 10.1 Å². The van der Waals surface area contributed by atoms with Crippen LogP contribution in [0.15, 0.2) is 30.6 Å². The van der Waals surface area contributed by atoms with Crippen molar-refractivity contribution in [1.82, 2.24) is 9.97 Å². The Balaban J connectivity index is 2.20. The van der Waals surface area contributed by atoms with Gasteiger partial charge in [-0.2, -0.15) is 8.42 Å². The highest BCUT2D eigenvalue weighted by atomic mass is 35.5. The lowest BCUT2D eigenvalue weighted by Gasteiger charge is -2.19. The molecule has 0 amide bonds. The number of hydrogen-bond donors (Lipinski definition) is 1. The lowest BCUT2D eigenvalue weighted by atomic mass is 10.0. The van der Waals surface area contributed by atoms with Gasteiger partial charge in [-0.1, -0.05) is 37.6 Å². The summed E-state index contributed by atoms with van der Waals surface area (Å²) in [7, 11) is -3.53. The molecule has 130 valence electrons. The highest BCUT2D eigenvalue weighted by Gasteiger charge is 2.14. The zero-order valence-electron chi connectivity index (χ0n) is 13.8. The van der Waals surface area contributed by atoms with Gasteiger partial charge in [-0.3, -0.25) is 0 Å². The molecule has 1 atom stereocenters. The summed E-state index contributed by atoms with van der Waals surface area (Å²) < 4.78 is 27.2. The van der Waals surface area contributed by atoms with Gasteiger partial charge in [0.25, 0.3) is 0 Å². The van der Waals surface area contributed by atoms with Crippen molar-refractivity contribution in [1.29, 1.82) is 0 Å². The first-order chi connectivity index (χ1) is 11.3. The number of benzene rings is 1. The van der Waals surface area contributed by atoms with Gasteiger partial charge in [0.15, 0.2) is 0 Å². The zero-order chi connectivity index (χ0) is 17.7. The van der Waals surface area contributed by atoms with E-state index in [1.54, 1.807) is 12.1 Å². The first-order valence-corrected chi connectivity index (χ1v) is 9.78. The van der Waals surface area contributed by atoms with Crippen LogP contribution < -0.4 is 9.50 Å². The van der Waals surface area contributed by atoms with Gasteiger partial charge in [0.2, 0.25) is 0 Å². The summed E-state index contributed by atoms with van der Waals surface area (Å²) >= 11 is 6.32. The maximum Gasteiger partial charge on any atom is 0.306 e. The topological polar surface area (TPSA) is 81.2 Å². The fraction of sp³-hybridized carbons (Fsp3) is 0.375. The SMILES string of the molecule is CCc1ncnc(NC(CC)c2ccc(OS(C)(=O)=O)cc2)c1Cl. The van der Waals surface area contributed by atoms with E-state index in [1.165, 1.54) is 6.33 Å². The largest absolute Gasteiger partial charge is 0.383 e. The molecule has 0 aliphatic heterocycles. The van der Waals surface area contributed by atoms with E-state index >= 15 is 0 Å². The Kier molecular flexibility index (Phi) is 6.01. The van der Waals surface area contributed by atoms with Gasteiger partial charge < -0.3 is 9.50 Å². The van der Waals surface area contributed by atoms with Crippen LogP contribution in [0.25, 0.3) is 0 Å². The molecule has 0 fully saturated rings. The molecule has 0 saturated heterocycles. The molecule has 1 aromatic heterocycles. The second kappa shape index (κ2) is 7.81. The Bertz CT molecular complexity index is 795. The van der Waals surface area contributed by atoms with Crippen LogP contribution in [0, 0.1) is 0 Å². The smallest absolute Gasteiger partial charge is 0.306 e. The van der Waals surface area contributed by atoms with Crippen molar-refractivity contribution in [3.63, 3.8) is 0 Å². The molecule has 0 bridgehead atoms. The van der Waals surface area contributed by atoms with E-state index in [2.05, 4.69) is 15.3 Å². The summed E-state index contributed by atoms with van der Waals surface area (Å²) in [6, 6.07) is 6.86. The van der Waals surface area contributed by atoms with E-state index in [9.17, 15) is 8.42 Å². The number of rotatable bonds is 7. The van der Waals surface area contributed by atoms with Crippen molar-refractivity contribution < 1.29 is 12.6 Å². The minimum absolute atomic E-state index is 0.0191. The zero-order valence-corrected chi connectivity index (χ0v) is 15.4. The van der Waals surface area contributed by atoms with E-state index in [1.807, 2.05) is 26.0 Å². The molecule has 1 heterocycles. The van der Waals surface area contributed by atoms with E-state index in [0.717, 1.165) is 30.4 Å². The highest BCUT2D eigenvalue weighted by Crippen LogP contribution is 2.28.